The number of rotatable bonds is 7. The monoisotopic (exact) mass is 483 g/mol. The number of ether oxygens (including phenoxy) is 4. The third-order valence-electron chi connectivity index (χ3n) is 4.01. The summed E-state index contributed by atoms with van der Waals surface area (Å²) in [4.78, 5) is 0. The summed E-state index contributed by atoms with van der Waals surface area (Å²) >= 11 is 7.08. The molecule has 0 radical (unpaired) electrons. The second-order valence-corrected chi connectivity index (χ2v) is 7.12. The summed E-state index contributed by atoms with van der Waals surface area (Å²) in [6.07, 6.45) is 0.492. The van der Waals surface area contributed by atoms with E-state index in [1.165, 1.54) is 0 Å². The van der Waals surface area contributed by atoms with Gasteiger partial charge in [-0.2, -0.15) is 5.26 Å². The van der Waals surface area contributed by atoms with Gasteiger partial charge >= 0.3 is 0 Å². The number of halogens is 2. The van der Waals surface area contributed by atoms with Crippen LogP contribution in [0.1, 0.15) is 17.0 Å². The second-order valence-electron chi connectivity index (χ2n) is 5.41. The molecule has 0 saturated heterocycles. The van der Waals surface area contributed by atoms with Crippen molar-refractivity contribution in [3.63, 3.8) is 0 Å². The SMILES string of the molecule is COc1cc(Br)c(CC(C#N)c2cc(OC)c(OC)cc2Br)cc1OC. The molecule has 0 heterocycles. The Labute approximate surface area is 170 Å². The quantitative estimate of drug-likeness (QED) is 0.547. The van der Waals surface area contributed by atoms with Crippen molar-refractivity contribution >= 4 is 31.9 Å². The average Bonchev–Trinajstić information content (AvgIpc) is 2.66. The summed E-state index contributed by atoms with van der Waals surface area (Å²) in [5.74, 6) is 2.04. The molecule has 26 heavy (non-hydrogen) atoms. The number of hydrogen-bond donors (Lipinski definition) is 0. The third-order valence-corrected chi connectivity index (χ3v) is 5.44. The summed E-state index contributed by atoms with van der Waals surface area (Å²) in [6, 6.07) is 9.72. The van der Waals surface area contributed by atoms with Crippen molar-refractivity contribution in [2.45, 2.75) is 12.3 Å². The lowest BCUT2D eigenvalue weighted by Crippen LogP contribution is -2.04. The van der Waals surface area contributed by atoms with Crippen LogP contribution < -0.4 is 18.9 Å². The summed E-state index contributed by atoms with van der Waals surface area (Å²) < 4.78 is 23.0. The molecule has 138 valence electrons. The van der Waals surface area contributed by atoms with Gasteiger partial charge in [0, 0.05) is 8.95 Å². The predicted octanol–water partition coefficient (Wildman–Crippen LogP) is 5.10. The molecule has 1 unspecified atom stereocenters. The summed E-state index contributed by atoms with van der Waals surface area (Å²) in [5, 5.41) is 9.76. The Kier molecular flexibility index (Phi) is 7.18. The molecule has 0 spiro atoms. The topological polar surface area (TPSA) is 60.7 Å². The maximum atomic E-state index is 9.76. The van der Waals surface area contributed by atoms with Crippen LogP contribution in [-0.2, 0) is 6.42 Å². The molecule has 0 N–H and O–H groups in total. The highest BCUT2D eigenvalue weighted by atomic mass is 79.9. The molecule has 0 fully saturated rings. The first kappa shape index (κ1) is 20.4. The van der Waals surface area contributed by atoms with E-state index in [2.05, 4.69) is 37.9 Å². The van der Waals surface area contributed by atoms with Crippen molar-refractivity contribution < 1.29 is 18.9 Å². The molecule has 0 amide bonds. The molecular weight excluding hydrogens is 466 g/mol. The van der Waals surface area contributed by atoms with Crippen LogP contribution in [0, 0.1) is 11.3 Å². The predicted molar refractivity (Wildman–Crippen MR) is 107 cm³/mol. The molecule has 7 heteroatoms. The molecule has 2 aromatic carbocycles. The minimum atomic E-state index is -0.390. The maximum Gasteiger partial charge on any atom is 0.161 e. The number of hydrogen-bond acceptors (Lipinski definition) is 5. The van der Waals surface area contributed by atoms with E-state index >= 15 is 0 Å². The molecule has 0 aliphatic rings. The van der Waals surface area contributed by atoms with Crippen LogP contribution in [0.3, 0.4) is 0 Å². The highest BCUT2D eigenvalue weighted by molar-refractivity contribution is 9.10. The van der Waals surface area contributed by atoms with Gasteiger partial charge in [0.2, 0.25) is 0 Å². The van der Waals surface area contributed by atoms with Crippen LogP contribution in [0.25, 0.3) is 0 Å². The summed E-state index contributed by atoms with van der Waals surface area (Å²) in [7, 11) is 6.32. The van der Waals surface area contributed by atoms with Gasteiger partial charge in [-0.3, -0.25) is 0 Å². The van der Waals surface area contributed by atoms with E-state index in [1.807, 2.05) is 24.3 Å². The number of benzene rings is 2. The van der Waals surface area contributed by atoms with Gasteiger partial charge in [0.15, 0.2) is 23.0 Å². The Hall–Kier alpha value is -1.91. The Morgan fingerprint density at radius 2 is 1.27 bits per heavy atom. The molecule has 0 bridgehead atoms. The number of nitrogens with zero attached hydrogens (tertiary/aromatic N) is 1. The zero-order valence-corrected chi connectivity index (χ0v) is 18.1. The van der Waals surface area contributed by atoms with Crippen molar-refractivity contribution in [3.05, 3.63) is 44.3 Å². The molecule has 2 rings (SSSR count). The van der Waals surface area contributed by atoms with Crippen LogP contribution in [0.5, 0.6) is 23.0 Å². The Morgan fingerprint density at radius 3 is 1.77 bits per heavy atom. The van der Waals surface area contributed by atoms with Gasteiger partial charge in [-0.25, -0.2) is 0 Å². The Morgan fingerprint density at radius 1 is 0.808 bits per heavy atom. The fraction of sp³-hybridized carbons (Fsp3) is 0.316. The largest absolute Gasteiger partial charge is 0.493 e. The first-order chi connectivity index (χ1) is 12.5. The Balaban J connectivity index is 2.44. The number of nitriles is 1. The average molecular weight is 485 g/mol. The van der Waals surface area contributed by atoms with Crippen LogP contribution >= 0.6 is 31.9 Å². The normalized spacial score (nSPS) is 11.4. The molecule has 0 saturated carbocycles. The van der Waals surface area contributed by atoms with Crippen LogP contribution in [0.4, 0.5) is 0 Å². The highest BCUT2D eigenvalue weighted by Crippen LogP contribution is 2.40. The molecule has 1 atom stereocenters. The highest BCUT2D eigenvalue weighted by Gasteiger charge is 2.21. The van der Waals surface area contributed by atoms with Crippen molar-refractivity contribution in [1.29, 1.82) is 5.26 Å². The van der Waals surface area contributed by atoms with Crippen molar-refractivity contribution in [3.8, 4) is 29.1 Å². The summed E-state index contributed by atoms with van der Waals surface area (Å²) in [6.45, 7) is 0. The smallest absolute Gasteiger partial charge is 0.161 e. The van der Waals surface area contributed by atoms with Crippen molar-refractivity contribution in [2.75, 3.05) is 28.4 Å². The fourth-order valence-electron chi connectivity index (χ4n) is 2.63. The van der Waals surface area contributed by atoms with Gasteiger partial charge in [-0.05, 0) is 41.8 Å². The first-order valence-corrected chi connectivity index (χ1v) is 9.29. The second kappa shape index (κ2) is 9.15. The minimum absolute atomic E-state index is 0.390. The number of methoxy groups -OCH3 is 4. The molecule has 2 aromatic rings. The molecule has 0 aliphatic carbocycles. The lowest BCUT2D eigenvalue weighted by atomic mass is 9.92. The minimum Gasteiger partial charge on any atom is -0.493 e. The van der Waals surface area contributed by atoms with E-state index < -0.39 is 5.92 Å². The van der Waals surface area contributed by atoms with E-state index in [1.54, 1.807) is 28.4 Å². The lowest BCUT2D eigenvalue weighted by Gasteiger charge is -2.17. The Bertz CT molecular complexity index is 833. The molecular formula is C19H19Br2NO4. The zero-order valence-electron chi connectivity index (χ0n) is 14.9. The van der Waals surface area contributed by atoms with Gasteiger partial charge in [-0.15, -0.1) is 0 Å². The van der Waals surface area contributed by atoms with Gasteiger partial charge in [0.25, 0.3) is 0 Å². The van der Waals surface area contributed by atoms with Crippen LogP contribution in [-0.4, -0.2) is 28.4 Å². The van der Waals surface area contributed by atoms with E-state index in [4.69, 9.17) is 18.9 Å². The van der Waals surface area contributed by atoms with Crippen LogP contribution in [0.2, 0.25) is 0 Å². The first-order valence-electron chi connectivity index (χ1n) is 7.70. The van der Waals surface area contributed by atoms with E-state index in [9.17, 15) is 5.26 Å². The van der Waals surface area contributed by atoms with E-state index in [0.717, 1.165) is 20.1 Å². The van der Waals surface area contributed by atoms with E-state index in [-0.39, 0.29) is 0 Å². The maximum absolute atomic E-state index is 9.76. The van der Waals surface area contributed by atoms with Gasteiger partial charge in [-0.1, -0.05) is 31.9 Å². The van der Waals surface area contributed by atoms with Crippen molar-refractivity contribution in [1.82, 2.24) is 0 Å². The van der Waals surface area contributed by atoms with Crippen LogP contribution in [0.15, 0.2) is 33.2 Å². The zero-order chi connectivity index (χ0) is 19.3. The van der Waals surface area contributed by atoms with Crippen molar-refractivity contribution in [2.24, 2.45) is 0 Å². The van der Waals surface area contributed by atoms with Gasteiger partial charge < -0.3 is 18.9 Å². The fourth-order valence-corrected chi connectivity index (χ4v) is 3.72. The summed E-state index contributed by atoms with van der Waals surface area (Å²) in [5.41, 5.74) is 1.77. The molecule has 5 nitrogen and oxygen atoms in total. The van der Waals surface area contributed by atoms with E-state index in [0.29, 0.717) is 29.4 Å². The van der Waals surface area contributed by atoms with Gasteiger partial charge in [0.05, 0.1) is 40.4 Å². The lowest BCUT2D eigenvalue weighted by molar-refractivity contribution is 0.353. The third kappa shape index (κ3) is 4.25. The standard InChI is InChI=1S/C19H19Br2NO4/c1-23-16-6-11(14(20)8-18(16)25-3)5-12(10-22)13-7-17(24-2)19(26-4)9-15(13)21/h6-9,12H,5H2,1-4H3. The molecule has 0 aromatic heterocycles. The van der Waals surface area contributed by atoms with Gasteiger partial charge in [0.1, 0.15) is 0 Å². The molecule has 0 aliphatic heterocycles.